The molecule has 19 heavy (non-hydrogen) atoms. The minimum absolute atomic E-state index is 0.0302. The quantitative estimate of drug-likeness (QED) is 0.839. The highest BCUT2D eigenvalue weighted by Gasteiger charge is 2.14. The fraction of sp³-hybridized carbons (Fsp3) is 0.500. The lowest BCUT2D eigenvalue weighted by molar-refractivity contribution is -0.121. The van der Waals surface area contributed by atoms with Crippen molar-refractivity contribution in [2.45, 2.75) is 25.3 Å². The molecule has 0 aliphatic carbocycles. The van der Waals surface area contributed by atoms with E-state index in [9.17, 15) is 4.79 Å². The fourth-order valence-corrected chi connectivity index (χ4v) is 2.17. The first-order valence-electron chi connectivity index (χ1n) is 6.62. The third-order valence-corrected chi connectivity index (χ3v) is 3.37. The standard InChI is InChI=1S/C14H19ClN2O2/c15-11-3-5-13(6-4-11)19-9-7-14(18)17-10-12-2-1-8-16-12/h3-6,12,16H,1-2,7-10H2,(H,17,18). The summed E-state index contributed by atoms with van der Waals surface area (Å²) in [6.07, 6.45) is 2.71. The van der Waals surface area contributed by atoms with E-state index in [1.165, 1.54) is 6.42 Å². The van der Waals surface area contributed by atoms with E-state index in [0.29, 0.717) is 30.6 Å². The van der Waals surface area contributed by atoms with Crippen LogP contribution in [-0.2, 0) is 4.79 Å². The van der Waals surface area contributed by atoms with Crippen LogP contribution in [0.25, 0.3) is 0 Å². The van der Waals surface area contributed by atoms with Crippen molar-refractivity contribution in [2.24, 2.45) is 0 Å². The number of rotatable bonds is 6. The van der Waals surface area contributed by atoms with E-state index in [2.05, 4.69) is 10.6 Å². The number of carbonyl (C=O) groups is 1. The zero-order chi connectivity index (χ0) is 13.5. The highest BCUT2D eigenvalue weighted by molar-refractivity contribution is 6.30. The summed E-state index contributed by atoms with van der Waals surface area (Å²) < 4.78 is 5.47. The summed E-state index contributed by atoms with van der Waals surface area (Å²) >= 11 is 5.77. The van der Waals surface area contributed by atoms with Gasteiger partial charge in [-0.25, -0.2) is 0 Å². The van der Waals surface area contributed by atoms with Gasteiger partial charge in [-0.05, 0) is 43.7 Å². The van der Waals surface area contributed by atoms with Gasteiger partial charge in [-0.3, -0.25) is 4.79 Å². The fourth-order valence-electron chi connectivity index (χ4n) is 2.05. The Hall–Kier alpha value is -1.26. The maximum Gasteiger partial charge on any atom is 0.223 e. The van der Waals surface area contributed by atoms with Gasteiger partial charge >= 0.3 is 0 Å². The van der Waals surface area contributed by atoms with Gasteiger partial charge in [0.15, 0.2) is 0 Å². The normalized spacial score (nSPS) is 18.3. The van der Waals surface area contributed by atoms with Crippen molar-refractivity contribution in [1.29, 1.82) is 0 Å². The minimum Gasteiger partial charge on any atom is -0.493 e. The Morgan fingerprint density at radius 2 is 2.21 bits per heavy atom. The number of carbonyl (C=O) groups excluding carboxylic acids is 1. The maximum absolute atomic E-state index is 11.6. The Balaban J connectivity index is 1.59. The molecule has 1 aromatic carbocycles. The molecular weight excluding hydrogens is 264 g/mol. The predicted octanol–water partition coefficient (Wildman–Crippen LogP) is 1.98. The Morgan fingerprint density at radius 3 is 2.89 bits per heavy atom. The number of nitrogens with one attached hydrogen (secondary N) is 2. The van der Waals surface area contributed by atoms with Crippen molar-refractivity contribution in [1.82, 2.24) is 10.6 Å². The molecule has 1 saturated heterocycles. The van der Waals surface area contributed by atoms with Crippen LogP contribution in [0.15, 0.2) is 24.3 Å². The zero-order valence-electron chi connectivity index (χ0n) is 10.8. The van der Waals surface area contributed by atoms with Gasteiger partial charge in [0.05, 0.1) is 13.0 Å². The molecule has 0 saturated carbocycles. The van der Waals surface area contributed by atoms with Gasteiger partial charge in [-0.1, -0.05) is 11.6 Å². The molecule has 4 nitrogen and oxygen atoms in total. The average Bonchev–Trinajstić information content (AvgIpc) is 2.92. The number of hydrogen-bond acceptors (Lipinski definition) is 3. The van der Waals surface area contributed by atoms with E-state index in [0.717, 1.165) is 18.7 Å². The van der Waals surface area contributed by atoms with Crippen LogP contribution in [0.4, 0.5) is 0 Å². The average molecular weight is 283 g/mol. The Kier molecular flexibility index (Phi) is 5.48. The molecule has 1 amide bonds. The van der Waals surface area contributed by atoms with Crippen LogP contribution in [0.1, 0.15) is 19.3 Å². The highest BCUT2D eigenvalue weighted by Crippen LogP contribution is 2.15. The molecule has 0 spiro atoms. The van der Waals surface area contributed by atoms with Gasteiger partial charge in [0.25, 0.3) is 0 Å². The van der Waals surface area contributed by atoms with Crippen molar-refractivity contribution in [3.8, 4) is 5.75 Å². The third-order valence-electron chi connectivity index (χ3n) is 3.12. The first-order chi connectivity index (χ1) is 9.24. The first kappa shape index (κ1) is 14.2. The molecule has 2 N–H and O–H groups in total. The van der Waals surface area contributed by atoms with Crippen LogP contribution < -0.4 is 15.4 Å². The van der Waals surface area contributed by atoms with Crippen LogP contribution in [0.3, 0.4) is 0 Å². The van der Waals surface area contributed by atoms with E-state index in [4.69, 9.17) is 16.3 Å². The molecule has 1 aliphatic heterocycles. The van der Waals surface area contributed by atoms with Crippen LogP contribution in [0, 0.1) is 0 Å². The lowest BCUT2D eigenvalue weighted by Gasteiger charge is -2.11. The van der Waals surface area contributed by atoms with E-state index < -0.39 is 0 Å². The van der Waals surface area contributed by atoms with Crippen molar-refractivity contribution in [3.05, 3.63) is 29.3 Å². The van der Waals surface area contributed by atoms with Gasteiger partial charge in [0.1, 0.15) is 5.75 Å². The number of amides is 1. The summed E-state index contributed by atoms with van der Waals surface area (Å²) in [7, 11) is 0. The number of halogens is 1. The monoisotopic (exact) mass is 282 g/mol. The van der Waals surface area contributed by atoms with Crippen LogP contribution in [0.5, 0.6) is 5.75 Å². The zero-order valence-corrected chi connectivity index (χ0v) is 11.6. The second-order valence-electron chi connectivity index (χ2n) is 4.65. The lowest BCUT2D eigenvalue weighted by Crippen LogP contribution is -2.37. The van der Waals surface area contributed by atoms with E-state index in [1.54, 1.807) is 24.3 Å². The molecule has 1 aromatic rings. The second kappa shape index (κ2) is 7.36. The smallest absolute Gasteiger partial charge is 0.223 e. The molecule has 1 atom stereocenters. The minimum atomic E-state index is 0.0302. The second-order valence-corrected chi connectivity index (χ2v) is 5.09. The van der Waals surface area contributed by atoms with E-state index in [-0.39, 0.29) is 5.91 Å². The van der Waals surface area contributed by atoms with Gasteiger partial charge in [-0.2, -0.15) is 0 Å². The van der Waals surface area contributed by atoms with Crippen LogP contribution in [0.2, 0.25) is 5.02 Å². The molecule has 1 unspecified atom stereocenters. The lowest BCUT2D eigenvalue weighted by atomic mass is 10.2. The maximum atomic E-state index is 11.6. The molecule has 5 heteroatoms. The molecule has 0 bridgehead atoms. The highest BCUT2D eigenvalue weighted by atomic mass is 35.5. The van der Waals surface area contributed by atoms with Crippen molar-refractivity contribution in [3.63, 3.8) is 0 Å². The first-order valence-corrected chi connectivity index (χ1v) is 7.00. The van der Waals surface area contributed by atoms with Crippen molar-refractivity contribution >= 4 is 17.5 Å². The van der Waals surface area contributed by atoms with Crippen LogP contribution in [-0.4, -0.2) is 31.6 Å². The summed E-state index contributed by atoms with van der Waals surface area (Å²) in [4.78, 5) is 11.6. The summed E-state index contributed by atoms with van der Waals surface area (Å²) in [6, 6.07) is 7.55. The van der Waals surface area contributed by atoms with E-state index in [1.807, 2.05) is 0 Å². The molecule has 2 rings (SSSR count). The molecule has 104 valence electrons. The largest absolute Gasteiger partial charge is 0.493 e. The summed E-state index contributed by atoms with van der Waals surface area (Å²) in [5.74, 6) is 0.761. The molecule has 0 aromatic heterocycles. The van der Waals surface area contributed by atoms with Crippen molar-refractivity contribution < 1.29 is 9.53 Å². The Labute approximate surface area is 118 Å². The van der Waals surface area contributed by atoms with Gasteiger partial charge in [0, 0.05) is 17.6 Å². The Morgan fingerprint density at radius 1 is 1.42 bits per heavy atom. The summed E-state index contributed by atoms with van der Waals surface area (Å²) in [5, 5.41) is 6.93. The number of hydrogen-bond donors (Lipinski definition) is 2. The molecule has 1 heterocycles. The third kappa shape index (κ3) is 5.09. The topological polar surface area (TPSA) is 50.4 Å². The summed E-state index contributed by atoms with van der Waals surface area (Å²) in [5.41, 5.74) is 0. The van der Waals surface area contributed by atoms with Gasteiger partial charge in [-0.15, -0.1) is 0 Å². The molecule has 0 radical (unpaired) electrons. The van der Waals surface area contributed by atoms with Gasteiger partial charge in [0.2, 0.25) is 5.91 Å². The summed E-state index contributed by atoms with van der Waals surface area (Å²) in [6.45, 7) is 2.14. The van der Waals surface area contributed by atoms with E-state index >= 15 is 0 Å². The van der Waals surface area contributed by atoms with Crippen LogP contribution >= 0.6 is 11.6 Å². The van der Waals surface area contributed by atoms with Crippen molar-refractivity contribution in [2.75, 3.05) is 19.7 Å². The molecular formula is C14H19ClN2O2. The number of ether oxygens (including phenoxy) is 1. The molecule has 1 fully saturated rings. The SMILES string of the molecule is O=C(CCOc1ccc(Cl)cc1)NCC1CCCN1. The predicted molar refractivity (Wildman–Crippen MR) is 75.6 cm³/mol. The van der Waals surface area contributed by atoms with Gasteiger partial charge < -0.3 is 15.4 Å². The number of benzene rings is 1. The molecule has 1 aliphatic rings. The Bertz CT molecular complexity index is 402.